The lowest BCUT2D eigenvalue weighted by Gasteiger charge is -2.07. The van der Waals surface area contributed by atoms with Crippen molar-refractivity contribution in [3.05, 3.63) is 17.9 Å². The number of carbonyl (C=O) groups is 1. The summed E-state index contributed by atoms with van der Waals surface area (Å²) in [4.78, 5) is 11.0. The third kappa shape index (κ3) is 2.89. The SMILES string of the molecule is CNS(=O)(=O)c1ccc(CNC2CNC(=O)C2)o1. The first-order chi connectivity index (χ1) is 8.51. The number of furan rings is 1. The van der Waals surface area contributed by atoms with Crippen molar-refractivity contribution in [1.82, 2.24) is 15.4 Å². The smallest absolute Gasteiger partial charge is 0.273 e. The molecule has 100 valence electrons. The van der Waals surface area contributed by atoms with E-state index in [0.717, 1.165) is 0 Å². The molecule has 1 unspecified atom stereocenters. The van der Waals surface area contributed by atoms with Gasteiger partial charge >= 0.3 is 0 Å². The van der Waals surface area contributed by atoms with Gasteiger partial charge in [-0.1, -0.05) is 0 Å². The highest BCUT2D eigenvalue weighted by molar-refractivity contribution is 7.89. The maximum absolute atomic E-state index is 11.4. The van der Waals surface area contributed by atoms with Crippen LogP contribution in [0.1, 0.15) is 12.2 Å². The molecule has 2 rings (SSSR count). The Kier molecular flexibility index (Phi) is 3.69. The minimum atomic E-state index is -3.53. The average Bonchev–Trinajstić information content (AvgIpc) is 2.95. The fourth-order valence-electron chi connectivity index (χ4n) is 1.69. The summed E-state index contributed by atoms with van der Waals surface area (Å²) in [6, 6.07) is 3.06. The Labute approximate surface area is 105 Å². The van der Waals surface area contributed by atoms with Gasteiger partial charge in [-0.2, -0.15) is 0 Å². The summed E-state index contributed by atoms with van der Waals surface area (Å²) < 4.78 is 30.3. The molecule has 7 nitrogen and oxygen atoms in total. The maximum atomic E-state index is 11.4. The normalized spacial score (nSPS) is 20.1. The van der Waals surface area contributed by atoms with Gasteiger partial charge < -0.3 is 15.1 Å². The van der Waals surface area contributed by atoms with E-state index < -0.39 is 10.0 Å². The molecule has 0 radical (unpaired) electrons. The lowest BCUT2D eigenvalue weighted by atomic mass is 10.2. The van der Waals surface area contributed by atoms with Gasteiger partial charge in [0, 0.05) is 19.0 Å². The van der Waals surface area contributed by atoms with Crippen LogP contribution in [0, 0.1) is 0 Å². The zero-order valence-corrected chi connectivity index (χ0v) is 10.7. The number of amides is 1. The Morgan fingerprint density at radius 2 is 2.28 bits per heavy atom. The molecule has 0 spiro atoms. The van der Waals surface area contributed by atoms with E-state index in [-0.39, 0.29) is 17.0 Å². The van der Waals surface area contributed by atoms with Crippen LogP contribution in [0.3, 0.4) is 0 Å². The van der Waals surface area contributed by atoms with Crippen molar-refractivity contribution in [2.24, 2.45) is 0 Å². The highest BCUT2D eigenvalue weighted by Gasteiger charge is 2.21. The van der Waals surface area contributed by atoms with E-state index in [0.29, 0.717) is 25.3 Å². The van der Waals surface area contributed by atoms with E-state index in [1.54, 1.807) is 6.07 Å². The lowest BCUT2D eigenvalue weighted by molar-refractivity contribution is -0.119. The summed E-state index contributed by atoms with van der Waals surface area (Å²) in [7, 11) is -2.21. The lowest BCUT2D eigenvalue weighted by Crippen LogP contribution is -2.30. The Bertz CT molecular complexity index is 537. The van der Waals surface area contributed by atoms with E-state index in [4.69, 9.17) is 4.42 Å². The third-order valence-electron chi connectivity index (χ3n) is 2.71. The molecule has 0 aliphatic carbocycles. The fourth-order valence-corrected chi connectivity index (χ4v) is 2.36. The fraction of sp³-hybridized carbons (Fsp3) is 0.500. The molecule has 1 aromatic heterocycles. The van der Waals surface area contributed by atoms with E-state index >= 15 is 0 Å². The van der Waals surface area contributed by atoms with E-state index in [2.05, 4.69) is 15.4 Å². The molecule has 1 aromatic rings. The van der Waals surface area contributed by atoms with Gasteiger partial charge in [-0.3, -0.25) is 4.79 Å². The van der Waals surface area contributed by atoms with Crippen molar-refractivity contribution in [3.63, 3.8) is 0 Å². The first-order valence-electron chi connectivity index (χ1n) is 5.53. The van der Waals surface area contributed by atoms with Crippen molar-refractivity contribution in [1.29, 1.82) is 0 Å². The van der Waals surface area contributed by atoms with Crippen LogP contribution in [-0.2, 0) is 21.4 Å². The Morgan fingerprint density at radius 3 is 2.89 bits per heavy atom. The summed E-state index contributed by atoms with van der Waals surface area (Å²) in [5.74, 6) is 0.536. The second-order valence-corrected chi connectivity index (χ2v) is 5.83. The summed E-state index contributed by atoms with van der Waals surface area (Å²) in [6.07, 6.45) is 0.433. The van der Waals surface area contributed by atoms with Gasteiger partial charge in [-0.15, -0.1) is 0 Å². The molecule has 1 aliphatic rings. The molecular formula is C10H15N3O4S. The molecule has 1 saturated heterocycles. The van der Waals surface area contributed by atoms with Gasteiger partial charge in [-0.05, 0) is 19.2 Å². The number of carbonyl (C=O) groups excluding carboxylic acids is 1. The Hall–Kier alpha value is -1.38. The van der Waals surface area contributed by atoms with E-state index in [1.165, 1.54) is 13.1 Å². The Morgan fingerprint density at radius 1 is 1.50 bits per heavy atom. The topological polar surface area (TPSA) is 100 Å². The van der Waals surface area contributed by atoms with Gasteiger partial charge in [0.25, 0.3) is 10.0 Å². The van der Waals surface area contributed by atoms with E-state index in [9.17, 15) is 13.2 Å². The molecule has 0 bridgehead atoms. The van der Waals surface area contributed by atoms with Crippen LogP contribution < -0.4 is 15.4 Å². The number of hydrogen-bond donors (Lipinski definition) is 3. The van der Waals surface area contributed by atoms with Gasteiger partial charge in [0.2, 0.25) is 11.0 Å². The molecule has 1 amide bonds. The predicted octanol–water partition coefficient (Wildman–Crippen LogP) is -0.834. The number of nitrogens with one attached hydrogen (secondary N) is 3. The maximum Gasteiger partial charge on any atom is 0.273 e. The van der Waals surface area contributed by atoms with Crippen molar-refractivity contribution in [2.45, 2.75) is 24.1 Å². The second-order valence-electron chi connectivity index (χ2n) is 4.01. The number of rotatable bonds is 5. The van der Waals surface area contributed by atoms with Crippen LogP contribution in [0.4, 0.5) is 0 Å². The number of sulfonamides is 1. The van der Waals surface area contributed by atoms with Gasteiger partial charge in [-0.25, -0.2) is 13.1 Å². The second kappa shape index (κ2) is 5.09. The van der Waals surface area contributed by atoms with Crippen molar-refractivity contribution in [3.8, 4) is 0 Å². The first kappa shape index (κ1) is 13.1. The summed E-state index contributed by atoms with van der Waals surface area (Å²) in [6.45, 7) is 0.972. The minimum absolute atomic E-state index is 0.0189. The zero-order valence-electron chi connectivity index (χ0n) is 9.89. The molecule has 0 saturated carbocycles. The predicted molar refractivity (Wildman–Crippen MR) is 63.2 cm³/mol. The van der Waals surface area contributed by atoms with Crippen LogP contribution in [0.2, 0.25) is 0 Å². The molecule has 2 heterocycles. The molecule has 8 heteroatoms. The van der Waals surface area contributed by atoms with Crippen LogP contribution in [-0.4, -0.2) is 34.0 Å². The minimum Gasteiger partial charge on any atom is -0.447 e. The standard InChI is InChI=1S/C10H15N3O4S/c1-11-18(15,16)10-3-2-8(17-10)6-12-7-4-9(14)13-5-7/h2-3,7,11-12H,4-6H2,1H3,(H,13,14). The quantitative estimate of drug-likeness (QED) is 0.650. The van der Waals surface area contributed by atoms with E-state index in [1.807, 2.05) is 0 Å². The molecule has 0 aromatic carbocycles. The van der Waals surface area contributed by atoms with Crippen LogP contribution >= 0.6 is 0 Å². The summed E-state index contributed by atoms with van der Waals surface area (Å²) in [5, 5.41) is 5.72. The molecule has 1 fully saturated rings. The zero-order chi connectivity index (χ0) is 13.2. The third-order valence-corrected chi connectivity index (χ3v) is 4.00. The molecule has 1 atom stereocenters. The molecular weight excluding hydrogens is 258 g/mol. The average molecular weight is 273 g/mol. The van der Waals surface area contributed by atoms with Gasteiger partial charge in [0.05, 0.1) is 6.54 Å². The molecule has 1 aliphatic heterocycles. The van der Waals surface area contributed by atoms with Gasteiger partial charge in [0.15, 0.2) is 0 Å². The van der Waals surface area contributed by atoms with Crippen molar-refractivity contribution in [2.75, 3.05) is 13.6 Å². The Balaban J connectivity index is 1.93. The molecule has 18 heavy (non-hydrogen) atoms. The summed E-state index contributed by atoms with van der Waals surface area (Å²) >= 11 is 0. The summed E-state index contributed by atoms with van der Waals surface area (Å²) in [5.41, 5.74) is 0. The first-order valence-corrected chi connectivity index (χ1v) is 7.02. The molecule has 3 N–H and O–H groups in total. The monoisotopic (exact) mass is 273 g/mol. The van der Waals surface area contributed by atoms with Crippen molar-refractivity contribution < 1.29 is 17.6 Å². The largest absolute Gasteiger partial charge is 0.447 e. The van der Waals surface area contributed by atoms with Crippen LogP contribution in [0.15, 0.2) is 21.6 Å². The van der Waals surface area contributed by atoms with Crippen LogP contribution in [0.25, 0.3) is 0 Å². The number of hydrogen-bond acceptors (Lipinski definition) is 5. The van der Waals surface area contributed by atoms with Crippen molar-refractivity contribution >= 4 is 15.9 Å². The highest BCUT2D eigenvalue weighted by atomic mass is 32.2. The van der Waals surface area contributed by atoms with Gasteiger partial charge in [0.1, 0.15) is 5.76 Å². The van der Waals surface area contributed by atoms with Crippen LogP contribution in [0.5, 0.6) is 0 Å². The highest BCUT2D eigenvalue weighted by Crippen LogP contribution is 2.13.